The number of carbonyl (C=O) groups excluding carboxylic acids is 4. The number of halogens is 3. The average molecular weight is 640 g/mol. The highest BCUT2D eigenvalue weighted by molar-refractivity contribution is 9.12. The number of amides is 3. The van der Waals surface area contributed by atoms with E-state index in [1.165, 1.54) is 36.4 Å². The molecule has 6 atom stereocenters. The van der Waals surface area contributed by atoms with Crippen molar-refractivity contribution in [3.63, 3.8) is 0 Å². The summed E-state index contributed by atoms with van der Waals surface area (Å²) in [4.78, 5) is 64.3. The fourth-order valence-corrected chi connectivity index (χ4v) is 7.54. The lowest BCUT2D eigenvalue weighted by Gasteiger charge is -2.30. The van der Waals surface area contributed by atoms with E-state index in [2.05, 4.69) is 31.9 Å². The highest BCUT2D eigenvalue weighted by Crippen LogP contribution is 2.60. The molecule has 1 saturated heterocycles. The predicted molar refractivity (Wildman–Crippen MR) is 136 cm³/mol. The molecular weight excluding hydrogens is 622 g/mol. The number of rotatable bonds is 6. The lowest BCUT2D eigenvalue weighted by molar-refractivity contribution is -0.384. The van der Waals surface area contributed by atoms with Gasteiger partial charge in [0, 0.05) is 37.9 Å². The van der Waals surface area contributed by atoms with E-state index >= 15 is 0 Å². The summed E-state index contributed by atoms with van der Waals surface area (Å²) in [6, 6.07) is 10.8. The number of Topliss-reactive ketones (excluding diaryl/α,β-unsaturated/α-hetero) is 1. The quantitative estimate of drug-likeness (QED) is 0.153. The number of carbonyl (C=O) groups is 4. The lowest BCUT2D eigenvalue weighted by Crippen LogP contribution is -2.52. The third-order valence-electron chi connectivity index (χ3n) is 7.22. The Labute approximate surface area is 227 Å². The van der Waals surface area contributed by atoms with Crippen LogP contribution in [-0.2, 0) is 9.59 Å². The van der Waals surface area contributed by atoms with Gasteiger partial charge in [0.1, 0.15) is 6.54 Å². The normalized spacial score (nSPS) is 28.4. The van der Waals surface area contributed by atoms with Crippen LogP contribution in [0.25, 0.3) is 0 Å². The molecule has 1 heterocycles. The summed E-state index contributed by atoms with van der Waals surface area (Å²) in [6.07, 6.45) is 0.715. The minimum absolute atomic E-state index is 0.00173. The molecule has 0 radical (unpaired) electrons. The largest absolute Gasteiger partial charge is 0.292 e. The maximum atomic E-state index is 13.6. The number of alkyl halides is 2. The van der Waals surface area contributed by atoms with E-state index in [9.17, 15) is 29.3 Å². The zero-order valence-corrected chi connectivity index (χ0v) is 22.4. The van der Waals surface area contributed by atoms with Crippen LogP contribution in [0.5, 0.6) is 0 Å². The molecule has 1 aliphatic heterocycles. The highest BCUT2D eigenvalue weighted by atomic mass is 79.9. The number of nitro groups is 1. The van der Waals surface area contributed by atoms with Crippen molar-refractivity contribution in [1.82, 2.24) is 10.0 Å². The molecule has 0 spiro atoms. The zero-order valence-electron chi connectivity index (χ0n) is 18.4. The van der Waals surface area contributed by atoms with Gasteiger partial charge in [0.15, 0.2) is 5.78 Å². The van der Waals surface area contributed by atoms with Crippen LogP contribution >= 0.6 is 43.5 Å². The molecule has 36 heavy (non-hydrogen) atoms. The van der Waals surface area contributed by atoms with Gasteiger partial charge in [-0.05, 0) is 54.7 Å². The second kappa shape index (κ2) is 9.35. The smallest absolute Gasteiger partial charge is 0.273 e. The van der Waals surface area contributed by atoms with Crippen LogP contribution in [-0.4, -0.2) is 54.6 Å². The zero-order chi connectivity index (χ0) is 25.9. The Morgan fingerprint density at radius 3 is 1.94 bits per heavy atom. The molecule has 0 aromatic heterocycles. The Morgan fingerprint density at radius 2 is 1.44 bits per heavy atom. The Morgan fingerprint density at radius 1 is 0.944 bits per heavy atom. The molecule has 0 unspecified atom stereocenters. The molecule has 2 aromatic carbocycles. The molecule has 9 nitrogen and oxygen atoms in total. The van der Waals surface area contributed by atoms with Crippen LogP contribution in [0.4, 0.5) is 5.69 Å². The first-order chi connectivity index (χ1) is 17.1. The predicted octanol–water partition coefficient (Wildman–Crippen LogP) is 4.27. The molecule has 2 aromatic rings. The number of nitro benzene ring substituents is 1. The van der Waals surface area contributed by atoms with Crippen molar-refractivity contribution in [3.8, 4) is 0 Å². The van der Waals surface area contributed by atoms with E-state index in [0.717, 1.165) is 22.2 Å². The molecule has 2 bridgehead atoms. The van der Waals surface area contributed by atoms with E-state index in [1.807, 2.05) is 0 Å². The summed E-state index contributed by atoms with van der Waals surface area (Å²) in [5.41, 5.74) is 0.0321. The van der Waals surface area contributed by atoms with Crippen molar-refractivity contribution >= 4 is 72.7 Å². The van der Waals surface area contributed by atoms with Gasteiger partial charge in [-0.25, -0.2) is 5.01 Å². The topological polar surface area (TPSA) is 118 Å². The minimum atomic E-state index is -0.785. The SMILES string of the molecule is O=C(CN(C(=O)c1ccc([N+](=O)[O-])cc1)N1C(=O)[C@@H]2[C@H]3C[C@@H]([C@H](Br)[C@@H]3Br)[C@@H]2C1=O)c1ccc(Cl)cc1. The highest BCUT2D eigenvalue weighted by Gasteiger charge is 2.67. The number of hydrazine groups is 1. The summed E-state index contributed by atoms with van der Waals surface area (Å²) in [5.74, 6) is -3.63. The first-order valence-electron chi connectivity index (χ1n) is 11.1. The second-order valence-corrected chi connectivity index (χ2v) is 11.6. The molecule has 5 rings (SSSR count). The summed E-state index contributed by atoms with van der Waals surface area (Å²) >= 11 is 13.2. The molecule has 2 saturated carbocycles. The van der Waals surface area contributed by atoms with Crippen molar-refractivity contribution in [3.05, 3.63) is 74.8 Å². The van der Waals surface area contributed by atoms with Crippen LogP contribution in [0.15, 0.2) is 48.5 Å². The summed E-state index contributed by atoms with van der Waals surface area (Å²) < 4.78 is 0. The van der Waals surface area contributed by atoms with E-state index < -0.39 is 46.8 Å². The first kappa shape index (κ1) is 25.0. The standard InChI is InChI=1S/C24H18Br2ClN3O6/c25-20-15-9-16(21(20)26)19-18(15)23(33)29(24(19)34)28(10-17(31)11-1-5-13(27)6-2-11)22(32)12-3-7-14(8-4-12)30(35)36/h1-8,15-16,18-21H,9-10H2/t15-,16-,18-,19+,20-,21+/m1/s1. The van der Waals surface area contributed by atoms with E-state index in [-0.39, 0.29) is 38.3 Å². The molecule has 3 amide bonds. The van der Waals surface area contributed by atoms with Gasteiger partial charge in [-0.15, -0.1) is 0 Å². The van der Waals surface area contributed by atoms with Crippen LogP contribution in [0, 0.1) is 33.8 Å². The molecular formula is C24H18Br2ClN3O6. The van der Waals surface area contributed by atoms with Gasteiger partial charge in [-0.1, -0.05) is 43.5 Å². The van der Waals surface area contributed by atoms with Crippen LogP contribution in [0.2, 0.25) is 5.02 Å². The van der Waals surface area contributed by atoms with Crippen molar-refractivity contribution < 1.29 is 24.1 Å². The summed E-state index contributed by atoms with van der Waals surface area (Å²) in [6.45, 7) is -0.570. The maximum absolute atomic E-state index is 13.6. The third kappa shape index (κ3) is 3.97. The Balaban J connectivity index is 1.50. The summed E-state index contributed by atoms with van der Waals surface area (Å²) in [5, 5.41) is 13.1. The Hall–Kier alpha value is -2.63. The number of fused-ring (bicyclic) bond motifs is 5. The van der Waals surface area contributed by atoms with Crippen molar-refractivity contribution in [2.24, 2.45) is 23.7 Å². The van der Waals surface area contributed by atoms with Gasteiger partial charge in [-0.3, -0.25) is 29.3 Å². The van der Waals surface area contributed by atoms with Gasteiger partial charge in [0.05, 0.1) is 16.8 Å². The van der Waals surface area contributed by atoms with Crippen LogP contribution < -0.4 is 0 Å². The number of hydrogen-bond donors (Lipinski definition) is 0. The maximum Gasteiger partial charge on any atom is 0.273 e. The first-order valence-corrected chi connectivity index (χ1v) is 13.3. The van der Waals surface area contributed by atoms with E-state index in [0.29, 0.717) is 11.4 Å². The Kier molecular flexibility index (Phi) is 6.50. The molecule has 3 fully saturated rings. The average Bonchev–Trinajstić information content (AvgIpc) is 3.47. The lowest BCUT2D eigenvalue weighted by atomic mass is 9.81. The van der Waals surface area contributed by atoms with Gasteiger partial charge in [0.2, 0.25) is 0 Å². The minimum Gasteiger partial charge on any atom is -0.292 e. The second-order valence-electron chi connectivity index (χ2n) is 9.09. The molecule has 12 heteroatoms. The van der Waals surface area contributed by atoms with Gasteiger partial charge < -0.3 is 0 Å². The van der Waals surface area contributed by atoms with Gasteiger partial charge in [0.25, 0.3) is 23.4 Å². The van der Waals surface area contributed by atoms with Crippen molar-refractivity contribution in [2.75, 3.05) is 6.54 Å². The Bertz CT molecular complexity index is 1260. The number of ketones is 1. The van der Waals surface area contributed by atoms with Gasteiger partial charge in [-0.2, -0.15) is 5.01 Å². The molecule has 0 N–H and O–H groups in total. The summed E-state index contributed by atoms with van der Waals surface area (Å²) in [7, 11) is 0. The van der Waals surface area contributed by atoms with E-state index in [4.69, 9.17) is 11.6 Å². The molecule has 186 valence electrons. The van der Waals surface area contributed by atoms with Crippen LogP contribution in [0.3, 0.4) is 0 Å². The van der Waals surface area contributed by atoms with Crippen LogP contribution in [0.1, 0.15) is 27.1 Å². The fourth-order valence-electron chi connectivity index (χ4n) is 5.54. The molecule has 3 aliphatic rings. The number of imide groups is 1. The van der Waals surface area contributed by atoms with Gasteiger partial charge >= 0.3 is 0 Å². The monoisotopic (exact) mass is 637 g/mol. The number of benzene rings is 2. The molecule has 2 aliphatic carbocycles. The van der Waals surface area contributed by atoms with E-state index in [1.54, 1.807) is 0 Å². The number of nitrogens with zero attached hydrogens (tertiary/aromatic N) is 3. The number of non-ortho nitro benzene ring substituents is 1. The number of hydrogen-bond acceptors (Lipinski definition) is 6. The third-order valence-corrected chi connectivity index (χ3v) is 10.7. The fraction of sp³-hybridized carbons (Fsp3) is 0.333. The van der Waals surface area contributed by atoms with Crippen molar-refractivity contribution in [2.45, 2.75) is 16.1 Å². The van der Waals surface area contributed by atoms with Crippen molar-refractivity contribution in [1.29, 1.82) is 0 Å².